The van der Waals surface area contributed by atoms with Crippen LogP contribution < -0.4 is 10.6 Å². The van der Waals surface area contributed by atoms with Crippen molar-refractivity contribution in [1.82, 2.24) is 4.98 Å². The van der Waals surface area contributed by atoms with Crippen molar-refractivity contribution in [1.29, 1.82) is 0 Å². The van der Waals surface area contributed by atoms with Crippen LogP contribution in [-0.4, -0.2) is 18.1 Å². The number of rotatable bonds is 3. The van der Waals surface area contributed by atoms with Gasteiger partial charge in [0, 0.05) is 19.6 Å². The molecule has 1 saturated heterocycles. The van der Waals surface area contributed by atoms with Gasteiger partial charge < -0.3 is 10.6 Å². The van der Waals surface area contributed by atoms with E-state index in [1.54, 1.807) is 0 Å². The maximum absolute atomic E-state index is 5.61. The van der Waals surface area contributed by atoms with E-state index in [-0.39, 0.29) is 0 Å². The van der Waals surface area contributed by atoms with Gasteiger partial charge in [-0.2, -0.15) is 0 Å². The molecule has 88 valence electrons. The molecule has 16 heavy (non-hydrogen) atoms. The first-order chi connectivity index (χ1) is 7.70. The zero-order chi connectivity index (χ0) is 11.5. The van der Waals surface area contributed by atoms with Gasteiger partial charge in [0.25, 0.3) is 0 Å². The second-order valence-electron chi connectivity index (χ2n) is 4.93. The first kappa shape index (κ1) is 11.4. The van der Waals surface area contributed by atoms with Gasteiger partial charge in [-0.3, -0.25) is 0 Å². The Labute approximate surface area is 97.7 Å². The Hall–Kier alpha value is -1.09. The van der Waals surface area contributed by atoms with E-state index in [1.165, 1.54) is 6.42 Å². The van der Waals surface area contributed by atoms with E-state index in [0.29, 0.717) is 6.54 Å². The fraction of sp³-hybridized carbons (Fsp3) is 0.615. The summed E-state index contributed by atoms with van der Waals surface area (Å²) in [6.07, 6.45) is 1.28. The molecule has 2 heterocycles. The normalized spacial score (nSPS) is 20.8. The van der Waals surface area contributed by atoms with Crippen molar-refractivity contribution in [3.63, 3.8) is 0 Å². The third-order valence-corrected chi connectivity index (χ3v) is 3.49. The van der Waals surface area contributed by atoms with Crippen molar-refractivity contribution in [3.05, 3.63) is 23.9 Å². The highest BCUT2D eigenvalue weighted by Crippen LogP contribution is 2.27. The summed E-state index contributed by atoms with van der Waals surface area (Å²) < 4.78 is 0. The maximum Gasteiger partial charge on any atom is 0.128 e. The van der Waals surface area contributed by atoms with Crippen LogP contribution in [0.2, 0.25) is 0 Å². The van der Waals surface area contributed by atoms with Gasteiger partial charge in [-0.25, -0.2) is 4.98 Å². The number of pyridine rings is 1. The van der Waals surface area contributed by atoms with Crippen molar-refractivity contribution in [3.8, 4) is 0 Å². The summed E-state index contributed by atoms with van der Waals surface area (Å²) in [5.74, 6) is 2.66. The van der Waals surface area contributed by atoms with Gasteiger partial charge >= 0.3 is 0 Å². The monoisotopic (exact) mass is 219 g/mol. The number of hydrogen-bond acceptors (Lipinski definition) is 3. The largest absolute Gasteiger partial charge is 0.356 e. The molecule has 2 rings (SSSR count). The molecule has 3 nitrogen and oxygen atoms in total. The second-order valence-corrected chi connectivity index (χ2v) is 4.93. The molecular weight excluding hydrogens is 198 g/mol. The van der Waals surface area contributed by atoms with Gasteiger partial charge in [-0.15, -0.1) is 0 Å². The molecule has 1 fully saturated rings. The zero-order valence-corrected chi connectivity index (χ0v) is 10.2. The molecule has 1 aliphatic rings. The average molecular weight is 219 g/mol. The molecule has 0 aliphatic carbocycles. The minimum atomic E-state index is 0.523. The highest BCUT2D eigenvalue weighted by Gasteiger charge is 2.25. The van der Waals surface area contributed by atoms with E-state index in [0.717, 1.165) is 36.4 Å². The highest BCUT2D eigenvalue weighted by atomic mass is 15.2. The minimum absolute atomic E-state index is 0.523. The molecule has 2 N–H and O–H groups in total. The van der Waals surface area contributed by atoms with Gasteiger partial charge in [-0.05, 0) is 30.4 Å². The standard InChI is InChI=1S/C13H21N3/c1-10(2)11-6-7-16(9-11)13-5-3-4-12(8-14)15-13/h3-5,10-11H,6-9,14H2,1-2H3. The van der Waals surface area contributed by atoms with Crippen LogP contribution in [-0.2, 0) is 6.54 Å². The SMILES string of the molecule is CC(C)C1CCN(c2cccc(CN)n2)C1. The summed E-state index contributed by atoms with van der Waals surface area (Å²) >= 11 is 0. The molecule has 0 amide bonds. The lowest BCUT2D eigenvalue weighted by Gasteiger charge is -2.19. The zero-order valence-electron chi connectivity index (χ0n) is 10.2. The van der Waals surface area contributed by atoms with Crippen LogP contribution in [0.3, 0.4) is 0 Å². The Morgan fingerprint density at radius 3 is 2.94 bits per heavy atom. The Bertz CT molecular complexity index is 349. The molecule has 0 spiro atoms. The van der Waals surface area contributed by atoms with E-state index in [4.69, 9.17) is 5.73 Å². The smallest absolute Gasteiger partial charge is 0.128 e. The average Bonchev–Trinajstić information content (AvgIpc) is 2.78. The number of anilines is 1. The third-order valence-electron chi connectivity index (χ3n) is 3.49. The number of aromatic nitrogens is 1. The first-order valence-electron chi connectivity index (χ1n) is 6.11. The van der Waals surface area contributed by atoms with E-state index < -0.39 is 0 Å². The molecule has 0 radical (unpaired) electrons. The minimum Gasteiger partial charge on any atom is -0.356 e. The summed E-state index contributed by atoms with van der Waals surface area (Å²) in [5.41, 5.74) is 6.59. The summed E-state index contributed by atoms with van der Waals surface area (Å²) in [7, 11) is 0. The quantitative estimate of drug-likeness (QED) is 0.845. The molecule has 0 bridgehead atoms. The summed E-state index contributed by atoms with van der Waals surface area (Å²) in [5, 5.41) is 0. The fourth-order valence-corrected chi connectivity index (χ4v) is 2.30. The van der Waals surface area contributed by atoms with E-state index in [2.05, 4.69) is 29.8 Å². The van der Waals surface area contributed by atoms with Crippen molar-refractivity contribution < 1.29 is 0 Å². The molecule has 0 aromatic carbocycles. The van der Waals surface area contributed by atoms with Crippen LogP contribution >= 0.6 is 0 Å². The summed E-state index contributed by atoms with van der Waals surface area (Å²) in [6, 6.07) is 6.12. The molecule has 1 aliphatic heterocycles. The molecule has 0 saturated carbocycles. The second kappa shape index (κ2) is 4.83. The number of hydrogen-bond donors (Lipinski definition) is 1. The Morgan fingerprint density at radius 2 is 2.31 bits per heavy atom. The van der Waals surface area contributed by atoms with Gasteiger partial charge in [0.05, 0.1) is 5.69 Å². The van der Waals surface area contributed by atoms with Gasteiger partial charge in [-0.1, -0.05) is 19.9 Å². The van der Waals surface area contributed by atoms with Crippen molar-refractivity contribution >= 4 is 5.82 Å². The Kier molecular flexibility index (Phi) is 3.44. The first-order valence-corrected chi connectivity index (χ1v) is 6.11. The van der Waals surface area contributed by atoms with E-state index >= 15 is 0 Å². The molecule has 1 atom stereocenters. The predicted molar refractivity (Wildman–Crippen MR) is 67.3 cm³/mol. The molecular formula is C13H21N3. The molecule has 1 aromatic rings. The Balaban J connectivity index is 2.08. The van der Waals surface area contributed by atoms with Gasteiger partial charge in [0.15, 0.2) is 0 Å². The van der Waals surface area contributed by atoms with Crippen LogP contribution in [0, 0.1) is 11.8 Å². The van der Waals surface area contributed by atoms with E-state index in [1.807, 2.05) is 12.1 Å². The van der Waals surface area contributed by atoms with Crippen LogP contribution in [0.1, 0.15) is 26.0 Å². The molecule has 1 unspecified atom stereocenters. The highest BCUT2D eigenvalue weighted by molar-refractivity contribution is 5.40. The lowest BCUT2D eigenvalue weighted by molar-refractivity contribution is 0.422. The van der Waals surface area contributed by atoms with Crippen LogP contribution in [0.5, 0.6) is 0 Å². The fourth-order valence-electron chi connectivity index (χ4n) is 2.30. The van der Waals surface area contributed by atoms with Crippen molar-refractivity contribution in [2.75, 3.05) is 18.0 Å². The predicted octanol–water partition coefficient (Wildman–Crippen LogP) is 2.02. The van der Waals surface area contributed by atoms with Crippen LogP contribution in [0.25, 0.3) is 0 Å². The number of nitrogens with zero attached hydrogens (tertiary/aromatic N) is 2. The molecule has 3 heteroatoms. The van der Waals surface area contributed by atoms with Crippen LogP contribution in [0.15, 0.2) is 18.2 Å². The van der Waals surface area contributed by atoms with Gasteiger partial charge in [0.1, 0.15) is 5.82 Å². The third kappa shape index (κ3) is 2.35. The summed E-state index contributed by atoms with van der Waals surface area (Å²) in [6.45, 7) is 7.40. The number of nitrogens with two attached hydrogens (primary N) is 1. The van der Waals surface area contributed by atoms with Crippen molar-refractivity contribution in [2.24, 2.45) is 17.6 Å². The van der Waals surface area contributed by atoms with Crippen molar-refractivity contribution in [2.45, 2.75) is 26.8 Å². The van der Waals surface area contributed by atoms with Gasteiger partial charge in [0.2, 0.25) is 0 Å². The Morgan fingerprint density at radius 1 is 1.50 bits per heavy atom. The molecule has 1 aromatic heterocycles. The topological polar surface area (TPSA) is 42.1 Å². The van der Waals surface area contributed by atoms with Crippen LogP contribution in [0.4, 0.5) is 5.82 Å². The summed E-state index contributed by atoms with van der Waals surface area (Å²) in [4.78, 5) is 6.95. The van der Waals surface area contributed by atoms with E-state index in [9.17, 15) is 0 Å². The maximum atomic E-state index is 5.61. The lowest BCUT2D eigenvalue weighted by atomic mass is 9.95. The lowest BCUT2D eigenvalue weighted by Crippen LogP contribution is -2.22.